The number of hydrogen-bond acceptors (Lipinski definition) is 7. The number of fused-ring (bicyclic) bond motifs is 1. The molecule has 0 spiro atoms. The van der Waals surface area contributed by atoms with Gasteiger partial charge in [-0.2, -0.15) is 0 Å². The van der Waals surface area contributed by atoms with Crippen molar-refractivity contribution >= 4 is 12.0 Å². The van der Waals surface area contributed by atoms with Gasteiger partial charge in [-0.1, -0.05) is 12.1 Å². The van der Waals surface area contributed by atoms with Crippen molar-refractivity contribution in [1.29, 1.82) is 0 Å². The van der Waals surface area contributed by atoms with Gasteiger partial charge in [0.2, 0.25) is 11.8 Å². The van der Waals surface area contributed by atoms with E-state index in [-0.39, 0.29) is 30.0 Å². The van der Waals surface area contributed by atoms with Gasteiger partial charge in [-0.25, -0.2) is 9.78 Å². The summed E-state index contributed by atoms with van der Waals surface area (Å²) in [7, 11) is 1.75. The number of aryl methyl sites for hydroxylation is 1. The van der Waals surface area contributed by atoms with Crippen LogP contribution in [0.15, 0.2) is 36.8 Å². The smallest absolute Gasteiger partial charge is 0.406 e. The molecule has 206 valence electrons. The van der Waals surface area contributed by atoms with Crippen LogP contribution in [0.4, 0.5) is 18.0 Å². The van der Waals surface area contributed by atoms with Crippen LogP contribution >= 0.6 is 0 Å². The molecular weight excluding hydrogens is 507 g/mol. The Balaban J connectivity index is 1.20. The number of alkyl halides is 3. The maximum Gasteiger partial charge on any atom is 0.573 e. The second-order valence-corrected chi connectivity index (χ2v) is 10.00. The Morgan fingerprint density at radius 3 is 2.58 bits per heavy atom. The van der Waals surface area contributed by atoms with Gasteiger partial charge in [0.25, 0.3) is 0 Å². The normalized spacial score (nSPS) is 23.2. The fourth-order valence-corrected chi connectivity index (χ4v) is 5.36. The highest BCUT2D eigenvalue weighted by molar-refractivity contribution is 5.78. The van der Waals surface area contributed by atoms with Gasteiger partial charge in [-0.15, -0.1) is 13.2 Å². The highest BCUT2D eigenvalue weighted by Crippen LogP contribution is 2.52. The Morgan fingerprint density at radius 2 is 1.92 bits per heavy atom. The minimum absolute atomic E-state index is 0.0515. The van der Waals surface area contributed by atoms with Crippen LogP contribution in [0.2, 0.25) is 0 Å². The first kappa shape index (κ1) is 26.3. The molecule has 3 heterocycles. The third-order valence-corrected chi connectivity index (χ3v) is 7.24. The van der Waals surface area contributed by atoms with Gasteiger partial charge in [0.05, 0.1) is 32.3 Å². The number of aromatic nitrogens is 2. The Morgan fingerprint density at radius 1 is 1.18 bits per heavy atom. The van der Waals surface area contributed by atoms with E-state index >= 15 is 0 Å². The van der Waals surface area contributed by atoms with Gasteiger partial charge in [0.1, 0.15) is 5.75 Å². The maximum atomic E-state index is 13.1. The Kier molecular flexibility index (Phi) is 7.48. The first-order valence-corrected chi connectivity index (χ1v) is 12.5. The molecule has 1 aromatic heterocycles. The van der Waals surface area contributed by atoms with Crippen molar-refractivity contribution in [2.45, 2.75) is 12.9 Å². The maximum absolute atomic E-state index is 13.1. The molecule has 0 N–H and O–H groups in total. The summed E-state index contributed by atoms with van der Waals surface area (Å²) in [6, 6.07) is 5.57. The SMILES string of the molecule is Cn1cnc(OC(=O)N(Cc2cccc(OC(F)(F)F)c2)CC2C3CN(CC(=O)N4CCOCC4)CC32)c1. The monoisotopic (exact) mass is 537 g/mol. The Labute approximate surface area is 217 Å². The highest BCUT2D eigenvalue weighted by atomic mass is 19.4. The van der Waals surface area contributed by atoms with Gasteiger partial charge in [-0.05, 0) is 35.4 Å². The van der Waals surface area contributed by atoms with Crippen molar-refractivity contribution in [3.63, 3.8) is 0 Å². The Bertz CT molecular complexity index is 1140. The number of carbonyl (C=O) groups excluding carboxylic acids is 2. The number of hydrogen-bond donors (Lipinski definition) is 0. The fourth-order valence-electron chi connectivity index (χ4n) is 5.36. The number of carbonyl (C=O) groups is 2. The van der Waals surface area contributed by atoms with E-state index in [9.17, 15) is 22.8 Å². The van der Waals surface area contributed by atoms with Crippen molar-refractivity contribution in [2.75, 3.05) is 52.5 Å². The van der Waals surface area contributed by atoms with Crippen LogP contribution in [0.5, 0.6) is 11.6 Å². The minimum Gasteiger partial charge on any atom is -0.406 e. The second kappa shape index (κ2) is 10.8. The number of rotatable bonds is 8. The van der Waals surface area contributed by atoms with Crippen molar-refractivity contribution in [2.24, 2.45) is 24.8 Å². The summed E-state index contributed by atoms with van der Waals surface area (Å²) in [6.07, 6.45) is -2.38. The summed E-state index contributed by atoms with van der Waals surface area (Å²) in [5.41, 5.74) is 0.480. The molecular formula is C25H30F3N5O5. The van der Waals surface area contributed by atoms with Crippen LogP contribution in [0.3, 0.4) is 0 Å². The molecule has 5 rings (SSSR count). The van der Waals surface area contributed by atoms with E-state index in [2.05, 4.69) is 14.6 Å². The van der Waals surface area contributed by atoms with Gasteiger partial charge in [-0.3, -0.25) is 9.69 Å². The molecule has 1 aromatic carbocycles. The summed E-state index contributed by atoms with van der Waals surface area (Å²) in [5, 5.41) is 0. The van der Waals surface area contributed by atoms with Crippen LogP contribution in [0, 0.1) is 17.8 Å². The molecule has 1 aliphatic carbocycles. The van der Waals surface area contributed by atoms with Crippen molar-refractivity contribution < 1.29 is 37.0 Å². The molecule has 3 aliphatic rings. The summed E-state index contributed by atoms with van der Waals surface area (Å²) >= 11 is 0. The van der Waals surface area contributed by atoms with Crippen LogP contribution in [-0.4, -0.2) is 95.1 Å². The molecule has 0 radical (unpaired) electrons. The predicted octanol–water partition coefficient (Wildman–Crippen LogP) is 2.36. The number of likely N-dealkylation sites (tertiary alicyclic amines) is 1. The van der Waals surface area contributed by atoms with Gasteiger partial charge in [0, 0.05) is 46.3 Å². The van der Waals surface area contributed by atoms with Crippen molar-refractivity contribution in [3.05, 3.63) is 42.4 Å². The molecule has 3 fully saturated rings. The minimum atomic E-state index is -4.81. The van der Waals surface area contributed by atoms with E-state index < -0.39 is 12.5 Å². The zero-order chi connectivity index (χ0) is 26.9. The summed E-state index contributed by atoms with van der Waals surface area (Å²) in [5.74, 6) is 0.802. The molecule has 2 amide bonds. The van der Waals surface area contributed by atoms with Gasteiger partial charge >= 0.3 is 12.5 Å². The standard InChI is InChI=1S/C25H30F3N5O5/c1-30-14-22(29-16-30)37-24(35)33(10-17-3-2-4-18(9-17)38-25(26,27)28)13-21-19-11-31(12-20(19)21)15-23(34)32-5-7-36-8-6-32/h2-4,9,14,16,19-21H,5-8,10-13,15H2,1H3. The quantitative estimate of drug-likeness (QED) is 0.511. The number of amides is 2. The van der Waals surface area contributed by atoms with E-state index in [1.54, 1.807) is 23.9 Å². The zero-order valence-electron chi connectivity index (χ0n) is 21.0. The highest BCUT2D eigenvalue weighted by Gasteiger charge is 2.56. The molecule has 2 aliphatic heterocycles. The number of halogens is 3. The third-order valence-electron chi connectivity index (χ3n) is 7.24. The lowest BCUT2D eigenvalue weighted by molar-refractivity contribution is -0.274. The van der Waals surface area contributed by atoms with Gasteiger partial charge < -0.3 is 28.6 Å². The number of imidazole rings is 1. The molecule has 13 heteroatoms. The number of morpholine rings is 1. The second-order valence-electron chi connectivity index (χ2n) is 10.00. The van der Waals surface area contributed by atoms with Crippen LogP contribution < -0.4 is 9.47 Å². The number of ether oxygens (including phenoxy) is 3. The predicted molar refractivity (Wildman–Crippen MR) is 127 cm³/mol. The van der Waals surface area contributed by atoms with E-state index in [0.29, 0.717) is 56.8 Å². The lowest BCUT2D eigenvalue weighted by atomic mass is 10.2. The first-order valence-electron chi connectivity index (χ1n) is 12.5. The average Bonchev–Trinajstić information content (AvgIpc) is 3.16. The summed E-state index contributed by atoms with van der Waals surface area (Å²) < 4.78 is 54.5. The number of benzene rings is 1. The van der Waals surface area contributed by atoms with E-state index in [1.165, 1.54) is 29.4 Å². The zero-order valence-corrected chi connectivity index (χ0v) is 21.0. The number of nitrogens with zero attached hydrogens (tertiary/aromatic N) is 5. The van der Waals surface area contributed by atoms with Crippen molar-refractivity contribution in [1.82, 2.24) is 24.3 Å². The number of piperidine rings is 1. The lowest BCUT2D eigenvalue weighted by Crippen LogP contribution is -2.46. The third kappa shape index (κ3) is 6.57. The van der Waals surface area contributed by atoms with E-state index in [4.69, 9.17) is 9.47 Å². The average molecular weight is 538 g/mol. The fraction of sp³-hybridized carbons (Fsp3) is 0.560. The molecule has 2 atom stereocenters. The molecule has 2 aromatic rings. The summed E-state index contributed by atoms with van der Waals surface area (Å²) in [6.45, 7) is 4.70. The summed E-state index contributed by atoms with van der Waals surface area (Å²) in [4.78, 5) is 35.2. The molecule has 1 saturated carbocycles. The van der Waals surface area contributed by atoms with Crippen LogP contribution in [0.1, 0.15) is 5.56 Å². The van der Waals surface area contributed by atoms with Crippen LogP contribution in [0.25, 0.3) is 0 Å². The van der Waals surface area contributed by atoms with Crippen molar-refractivity contribution in [3.8, 4) is 11.6 Å². The molecule has 0 bridgehead atoms. The molecule has 2 unspecified atom stereocenters. The molecule has 10 nitrogen and oxygen atoms in total. The molecule has 38 heavy (non-hydrogen) atoms. The Hall–Kier alpha value is -3.32. The molecule has 2 saturated heterocycles. The van der Waals surface area contributed by atoms with Crippen LogP contribution in [-0.2, 0) is 23.1 Å². The topological polar surface area (TPSA) is 89.4 Å². The van der Waals surface area contributed by atoms with E-state index in [1.807, 2.05) is 4.90 Å². The van der Waals surface area contributed by atoms with Gasteiger partial charge in [0.15, 0.2) is 0 Å². The van der Waals surface area contributed by atoms with E-state index in [0.717, 1.165) is 13.1 Å². The first-order chi connectivity index (χ1) is 18.1. The lowest BCUT2D eigenvalue weighted by Gasteiger charge is -2.29. The largest absolute Gasteiger partial charge is 0.573 e.